The normalized spacial score (nSPS) is 9.75. The molecular weight excluding hydrogens is 195 g/mol. The molecule has 2 aromatic rings. The Labute approximate surface area is 81.8 Å². The Morgan fingerprint density at radius 3 is 2.83 bits per heavy atom. The standard InChI is InChI=1S/C9H9N2.Co/c1-2-11-9-6-4-3-5-8(9)7-10-11;/h3-7H,1-2H2;/q-1;. The van der Waals surface area contributed by atoms with E-state index in [0.29, 0.717) is 6.54 Å². The van der Waals surface area contributed by atoms with E-state index in [-0.39, 0.29) is 16.8 Å². The fourth-order valence-corrected chi connectivity index (χ4v) is 1.20. The van der Waals surface area contributed by atoms with Crippen molar-refractivity contribution >= 4 is 10.9 Å². The van der Waals surface area contributed by atoms with Gasteiger partial charge >= 0.3 is 0 Å². The summed E-state index contributed by atoms with van der Waals surface area (Å²) in [6.07, 6.45) is 1.86. The van der Waals surface area contributed by atoms with Crippen LogP contribution in [0, 0.1) is 6.92 Å². The molecule has 2 rings (SSSR count). The summed E-state index contributed by atoms with van der Waals surface area (Å²) in [5.74, 6) is 0. The van der Waals surface area contributed by atoms with E-state index < -0.39 is 0 Å². The van der Waals surface area contributed by atoms with Crippen LogP contribution in [0.1, 0.15) is 0 Å². The number of hydrogen-bond donors (Lipinski definition) is 0. The Morgan fingerprint density at radius 1 is 1.33 bits per heavy atom. The molecular formula is C9H9CoN2-. The molecule has 1 aromatic heterocycles. The predicted octanol–water partition coefficient (Wildman–Crippen LogP) is 1.87. The molecule has 0 aliphatic heterocycles. The Balaban J connectivity index is 0.000000720. The van der Waals surface area contributed by atoms with Crippen molar-refractivity contribution in [3.05, 3.63) is 37.4 Å². The van der Waals surface area contributed by atoms with Crippen molar-refractivity contribution in [2.75, 3.05) is 0 Å². The van der Waals surface area contributed by atoms with Crippen LogP contribution in [-0.2, 0) is 23.3 Å². The maximum absolute atomic E-state index is 4.17. The van der Waals surface area contributed by atoms with E-state index in [9.17, 15) is 0 Å². The average Bonchev–Trinajstić information content (AvgIpc) is 2.47. The van der Waals surface area contributed by atoms with Crippen molar-refractivity contribution in [2.45, 2.75) is 6.54 Å². The molecule has 1 radical (unpaired) electrons. The number of aromatic nitrogens is 2. The van der Waals surface area contributed by atoms with Crippen LogP contribution in [-0.4, -0.2) is 9.78 Å². The Kier molecular flexibility index (Phi) is 2.89. The summed E-state index contributed by atoms with van der Waals surface area (Å²) in [6.45, 7) is 4.47. The van der Waals surface area contributed by atoms with Gasteiger partial charge in [0.25, 0.3) is 0 Å². The molecule has 0 spiro atoms. The third kappa shape index (κ3) is 1.38. The van der Waals surface area contributed by atoms with E-state index in [0.717, 1.165) is 5.52 Å². The number of benzene rings is 1. The predicted molar refractivity (Wildman–Crippen MR) is 45.1 cm³/mol. The molecule has 2 nitrogen and oxygen atoms in total. The van der Waals surface area contributed by atoms with Gasteiger partial charge in [-0.3, -0.25) is 4.68 Å². The molecule has 1 aromatic carbocycles. The number of rotatable bonds is 1. The first kappa shape index (κ1) is 9.29. The molecule has 0 amide bonds. The Bertz CT molecular complexity index is 367. The van der Waals surface area contributed by atoms with Crippen LogP contribution in [0.25, 0.3) is 10.9 Å². The van der Waals surface area contributed by atoms with Gasteiger partial charge in [-0.1, -0.05) is 24.7 Å². The zero-order chi connectivity index (χ0) is 7.68. The van der Waals surface area contributed by atoms with Crippen molar-refractivity contribution < 1.29 is 16.8 Å². The maximum atomic E-state index is 4.17. The van der Waals surface area contributed by atoms with Gasteiger partial charge in [0.05, 0.1) is 11.7 Å². The van der Waals surface area contributed by atoms with E-state index in [1.165, 1.54) is 5.39 Å². The fraction of sp³-hybridized carbons (Fsp3) is 0.111. The van der Waals surface area contributed by atoms with Crippen molar-refractivity contribution in [1.29, 1.82) is 0 Å². The van der Waals surface area contributed by atoms with Crippen molar-refractivity contribution in [3.63, 3.8) is 0 Å². The SMILES string of the molecule is [CH2-]Cn1ncc2ccccc21.[Co]. The van der Waals surface area contributed by atoms with Crippen LogP contribution in [0.5, 0.6) is 0 Å². The molecule has 0 unspecified atom stereocenters. The second-order valence-corrected chi connectivity index (χ2v) is 2.43. The second kappa shape index (κ2) is 3.73. The monoisotopic (exact) mass is 204 g/mol. The number of para-hydroxylation sites is 1. The van der Waals surface area contributed by atoms with Crippen LogP contribution in [0.3, 0.4) is 0 Å². The molecule has 0 N–H and O–H groups in total. The Morgan fingerprint density at radius 2 is 2.08 bits per heavy atom. The van der Waals surface area contributed by atoms with E-state index in [2.05, 4.69) is 18.1 Å². The fourth-order valence-electron chi connectivity index (χ4n) is 1.20. The van der Waals surface area contributed by atoms with E-state index in [4.69, 9.17) is 0 Å². The smallest absolute Gasteiger partial charge is 0.0651 e. The minimum atomic E-state index is 0. The number of fused-ring (bicyclic) bond motifs is 1. The van der Waals surface area contributed by atoms with Crippen LogP contribution in [0.2, 0.25) is 0 Å². The summed E-state index contributed by atoms with van der Waals surface area (Å²) in [5.41, 5.74) is 1.16. The Hall–Kier alpha value is -0.804. The summed E-state index contributed by atoms with van der Waals surface area (Å²) < 4.78 is 1.88. The molecule has 1 heterocycles. The van der Waals surface area contributed by atoms with Gasteiger partial charge in [-0.05, 0) is 6.07 Å². The van der Waals surface area contributed by atoms with Gasteiger partial charge in [0, 0.05) is 22.2 Å². The molecule has 0 atom stereocenters. The summed E-state index contributed by atoms with van der Waals surface area (Å²) >= 11 is 0. The van der Waals surface area contributed by atoms with Crippen molar-refractivity contribution in [1.82, 2.24) is 9.78 Å². The summed E-state index contributed by atoms with van der Waals surface area (Å²) in [5, 5.41) is 5.34. The van der Waals surface area contributed by atoms with Gasteiger partial charge in [-0.15, -0.1) is 0 Å². The molecule has 3 heteroatoms. The number of hydrogen-bond acceptors (Lipinski definition) is 1. The number of nitrogens with zero attached hydrogens (tertiary/aromatic N) is 2. The largest absolute Gasteiger partial charge is 0.322 e. The van der Waals surface area contributed by atoms with Gasteiger partial charge in [0.15, 0.2) is 0 Å². The van der Waals surface area contributed by atoms with Gasteiger partial charge in [0.1, 0.15) is 0 Å². The van der Waals surface area contributed by atoms with E-state index in [1.807, 2.05) is 29.1 Å². The topological polar surface area (TPSA) is 17.8 Å². The zero-order valence-electron chi connectivity index (χ0n) is 6.53. The van der Waals surface area contributed by atoms with Gasteiger partial charge in [0.2, 0.25) is 0 Å². The molecule has 12 heavy (non-hydrogen) atoms. The van der Waals surface area contributed by atoms with Gasteiger partial charge < -0.3 is 6.92 Å². The van der Waals surface area contributed by atoms with Crippen LogP contribution in [0.4, 0.5) is 0 Å². The van der Waals surface area contributed by atoms with Crippen LogP contribution >= 0.6 is 0 Å². The molecule has 0 saturated heterocycles. The first-order chi connectivity index (χ1) is 5.42. The molecule has 0 aliphatic carbocycles. The zero-order valence-corrected chi connectivity index (χ0v) is 7.57. The van der Waals surface area contributed by atoms with Crippen LogP contribution in [0.15, 0.2) is 30.5 Å². The molecule has 65 valence electrons. The quantitative estimate of drug-likeness (QED) is 0.648. The maximum Gasteiger partial charge on any atom is 0.0651 e. The van der Waals surface area contributed by atoms with Crippen molar-refractivity contribution in [2.24, 2.45) is 0 Å². The van der Waals surface area contributed by atoms with Crippen LogP contribution < -0.4 is 0 Å². The summed E-state index contributed by atoms with van der Waals surface area (Å²) in [7, 11) is 0. The third-order valence-corrected chi connectivity index (χ3v) is 1.76. The minimum absolute atomic E-state index is 0. The molecule has 0 bridgehead atoms. The van der Waals surface area contributed by atoms with E-state index >= 15 is 0 Å². The average molecular weight is 204 g/mol. The third-order valence-electron chi connectivity index (χ3n) is 1.76. The first-order valence-electron chi connectivity index (χ1n) is 3.61. The molecule has 0 fully saturated rings. The van der Waals surface area contributed by atoms with Gasteiger partial charge in [-0.25, -0.2) is 0 Å². The first-order valence-corrected chi connectivity index (χ1v) is 3.61. The van der Waals surface area contributed by atoms with Crippen molar-refractivity contribution in [3.8, 4) is 0 Å². The van der Waals surface area contributed by atoms with Gasteiger partial charge in [-0.2, -0.15) is 5.10 Å². The molecule has 0 aliphatic rings. The second-order valence-electron chi connectivity index (χ2n) is 2.43. The molecule has 0 saturated carbocycles. The van der Waals surface area contributed by atoms with E-state index in [1.54, 1.807) is 0 Å². The summed E-state index contributed by atoms with van der Waals surface area (Å²) in [6, 6.07) is 8.12. The minimum Gasteiger partial charge on any atom is -0.322 e. The summed E-state index contributed by atoms with van der Waals surface area (Å²) in [4.78, 5) is 0.